The average molecular weight is 501 g/mol. The third kappa shape index (κ3) is 3.27. The molecule has 5 rings (SSSR count). The molecule has 5 fully saturated rings. The number of Topliss-reactive ketones (excluding diaryl/α,β-unsaturated/α-hetero) is 1. The van der Waals surface area contributed by atoms with Crippen LogP contribution in [0.3, 0.4) is 0 Å². The Kier molecular flexibility index (Phi) is 6.15. The third-order valence-electron chi connectivity index (χ3n) is 13.9. The van der Waals surface area contributed by atoms with Crippen molar-refractivity contribution in [3.8, 4) is 0 Å². The van der Waals surface area contributed by atoms with E-state index in [-0.39, 0.29) is 57.6 Å². The molecule has 0 amide bonds. The molecule has 0 heterocycles. The Morgan fingerprint density at radius 2 is 1.64 bits per heavy atom. The van der Waals surface area contributed by atoms with Crippen molar-refractivity contribution >= 4 is 11.8 Å². The zero-order valence-corrected chi connectivity index (χ0v) is 24.3. The van der Waals surface area contributed by atoms with E-state index in [2.05, 4.69) is 48.5 Å². The number of hydrogen-bond acceptors (Lipinski definition) is 4. The van der Waals surface area contributed by atoms with Gasteiger partial charge in [-0.2, -0.15) is 0 Å². The Hall–Kier alpha value is -0.900. The van der Waals surface area contributed by atoms with Crippen molar-refractivity contribution in [2.75, 3.05) is 6.61 Å². The highest BCUT2D eigenvalue weighted by molar-refractivity contribution is 5.86. The zero-order chi connectivity index (χ0) is 26.5. The first-order valence-electron chi connectivity index (χ1n) is 15.0. The van der Waals surface area contributed by atoms with Gasteiger partial charge in [-0.3, -0.25) is 9.59 Å². The normalized spacial score (nSPS) is 51.7. The number of esters is 1. The Morgan fingerprint density at radius 1 is 0.944 bits per heavy atom. The molecule has 5 saturated carbocycles. The Morgan fingerprint density at radius 3 is 2.25 bits per heavy atom. The number of carbonyl (C=O) groups is 2. The van der Waals surface area contributed by atoms with Crippen molar-refractivity contribution < 1.29 is 19.4 Å². The molecule has 0 radical (unpaired) electrons. The van der Waals surface area contributed by atoms with Crippen LogP contribution in [0.25, 0.3) is 0 Å². The maximum absolute atomic E-state index is 14.7. The van der Waals surface area contributed by atoms with Crippen LogP contribution in [0.2, 0.25) is 0 Å². The molecule has 0 aromatic carbocycles. The number of rotatable bonds is 3. The summed E-state index contributed by atoms with van der Waals surface area (Å²) >= 11 is 0. The molecule has 5 aliphatic rings. The van der Waals surface area contributed by atoms with Gasteiger partial charge in [-0.15, -0.1) is 0 Å². The summed E-state index contributed by atoms with van der Waals surface area (Å²) in [6, 6.07) is 0. The predicted molar refractivity (Wildman–Crippen MR) is 142 cm³/mol. The lowest BCUT2D eigenvalue weighted by Gasteiger charge is -2.64. The van der Waals surface area contributed by atoms with Crippen LogP contribution in [0.5, 0.6) is 0 Å². The van der Waals surface area contributed by atoms with E-state index in [1.54, 1.807) is 6.92 Å². The van der Waals surface area contributed by atoms with Crippen LogP contribution in [0.4, 0.5) is 0 Å². The maximum atomic E-state index is 14.7. The van der Waals surface area contributed by atoms with E-state index in [0.29, 0.717) is 29.5 Å². The van der Waals surface area contributed by atoms with Crippen LogP contribution >= 0.6 is 0 Å². The van der Waals surface area contributed by atoms with Crippen molar-refractivity contribution in [3.05, 3.63) is 0 Å². The van der Waals surface area contributed by atoms with Gasteiger partial charge in [0, 0.05) is 36.2 Å². The SMILES string of the molecule is CC(=O)O[C@H]1CC[C@@]2(C)C(CC[C@]3(C)C2C[C@H]2C(=O)C4[C@H](C(C)C)CC[C@]4(CO)CC[C@]23C)C1(C)C. The van der Waals surface area contributed by atoms with E-state index in [0.717, 1.165) is 57.8 Å². The Balaban J connectivity index is 1.53. The molecule has 0 aromatic rings. The molecule has 4 nitrogen and oxygen atoms in total. The van der Waals surface area contributed by atoms with E-state index in [1.807, 2.05) is 0 Å². The fraction of sp³-hybridized carbons (Fsp3) is 0.938. The largest absolute Gasteiger partial charge is 0.462 e. The first-order chi connectivity index (χ1) is 16.7. The standard InChI is InChI=1S/C32H52O4/c1-19(2)21-9-14-32(18-33)16-15-30(7)22(27(35)26(21)32)17-24-29(6)12-11-25(36-20(3)34)28(4,5)23(29)10-13-31(24,30)8/h19,21-26,33H,9-18H2,1-8H3/t21-,22-,23?,24?,25-,26?,29-,30+,31+,32+/m0/s1. The van der Waals surface area contributed by atoms with Crippen molar-refractivity contribution in [1.82, 2.24) is 0 Å². The van der Waals surface area contributed by atoms with Crippen LogP contribution in [0.15, 0.2) is 0 Å². The predicted octanol–water partition coefficient (Wildman–Crippen LogP) is 6.83. The summed E-state index contributed by atoms with van der Waals surface area (Å²) in [5, 5.41) is 10.7. The van der Waals surface area contributed by atoms with Gasteiger partial charge >= 0.3 is 5.97 Å². The quantitative estimate of drug-likeness (QED) is 0.432. The van der Waals surface area contributed by atoms with Crippen LogP contribution in [-0.2, 0) is 14.3 Å². The number of carbonyl (C=O) groups excluding carboxylic acids is 2. The van der Waals surface area contributed by atoms with Gasteiger partial charge in [0.25, 0.3) is 0 Å². The molecule has 5 aliphatic carbocycles. The van der Waals surface area contributed by atoms with Gasteiger partial charge < -0.3 is 9.84 Å². The highest BCUT2D eigenvalue weighted by Gasteiger charge is 2.72. The van der Waals surface area contributed by atoms with Crippen molar-refractivity contribution in [2.45, 2.75) is 119 Å². The van der Waals surface area contributed by atoms with Gasteiger partial charge in [-0.25, -0.2) is 0 Å². The summed E-state index contributed by atoms with van der Waals surface area (Å²) in [4.78, 5) is 26.6. The lowest BCUT2D eigenvalue weighted by molar-refractivity contribution is -0.195. The van der Waals surface area contributed by atoms with Gasteiger partial charge in [-0.05, 0) is 97.7 Å². The number of fused-ring (bicyclic) bond motifs is 6. The number of aliphatic hydroxyl groups excluding tert-OH is 1. The second-order valence-corrected chi connectivity index (χ2v) is 15.6. The second-order valence-electron chi connectivity index (χ2n) is 15.6. The van der Waals surface area contributed by atoms with E-state index in [9.17, 15) is 14.7 Å². The molecule has 1 N–H and O–H groups in total. The van der Waals surface area contributed by atoms with Crippen molar-refractivity contribution in [1.29, 1.82) is 0 Å². The smallest absolute Gasteiger partial charge is 0.302 e. The highest BCUT2D eigenvalue weighted by Crippen LogP contribution is 2.77. The first-order valence-corrected chi connectivity index (χ1v) is 15.0. The number of ether oxygens (including phenoxy) is 1. The number of ketones is 1. The fourth-order valence-electron chi connectivity index (χ4n) is 11.7. The minimum atomic E-state index is -0.198. The topological polar surface area (TPSA) is 63.6 Å². The summed E-state index contributed by atoms with van der Waals surface area (Å²) in [7, 11) is 0. The molecule has 0 saturated heterocycles. The maximum Gasteiger partial charge on any atom is 0.302 e. The fourth-order valence-corrected chi connectivity index (χ4v) is 11.7. The molecular formula is C32H52O4. The monoisotopic (exact) mass is 500 g/mol. The van der Waals surface area contributed by atoms with E-state index >= 15 is 0 Å². The summed E-state index contributed by atoms with van der Waals surface area (Å²) in [5.74, 6) is 2.37. The van der Waals surface area contributed by atoms with Gasteiger partial charge in [0.15, 0.2) is 0 Å². The number of aliphatic hydroxyl groups is 1. The molecule has 10 atom stereocenters. The zero-order valence-electron chi connectivity index (χ0n) is 24.3. The van der Waals surface area contributed by atoms with Gasteiger partial charge in [-0.1, -0.05) is 48.5 Å². The summed E-state index contributed by atoms with van der Waals surface area (Å²) < 4.78 is 5.87. The molecule has 4 heteroatoms. The van der Waals surface area contributed by atoms with E-state index < -0.39 is 0 Å². The minimum Gasteiger partial charge on any atom is -0.462 e. The molecular weight excluding hydrogens is 448 g/mol. The second kappa shape index (κ2) is 8.30. The summed E-state index contributed by atoms with van der Waals surface area (Å²) in [6.45, 7) is 18.4. The van der Waals surface area contributed by atoms with Crippen molar-refractivity contribution in [2.24, 2.45) is 62.6 Å². The molecule has 0 aliphatic heterocycles. The summed E-state index contributed by atoms with van der Waals surface area (Å²) in [5.41, 5.74) is 0.0230. The first kappa shape index (κ1) is 26.7. The van der Waals surface area contributed by atoms with Crippen LogP contribution in [-0.4, -0.2) is 29.6 Å². The lowest BCUT2D eigenvalue weighted by atomic mass is 9.41. The third-order valence-corrected chi connectivity index (χ3v) is 13.9. The Bertz CT molecular complexity index is 923. The molecule has 204 valence electrons. The molecule has 3 unspecified atom stereocenters. The van der Waals surface area contributed by atoms with Crippen LogP contribution in [0.1, 0.15) is 113 Å². The summed E-state index contributed by atoms with van der Waals surface area (Å²) in [6.07, 6.45) is 9.46. The molecule has 0 aromatic heterocycles. The molecule has 0 spiro atoms. The highest BCUT2D eigenvalue weighted by atomic mass is 16.5. The average Bonchev–Trinajstić information content (AvgIpc) is 3.26. The van der Waals surface area contributed by atoms with Crippen LogP contribution < -0.4 is 0 Å². The lowest BCUT2D eigenvalue weighted by Crippen LogP contribution is -2.59. The number of hydrogen-bond donors (Lipinski definition) is 1. The van der Waals surface area contributed by atoms with E-state index in [1.165, 1.54) is 0 Å². The van der Waals surface area contributed by atoms with Gasteiger partial charge in [0.2, 0.25) is 0 Å². The van der Waals surface area contributed by atoms with Gasteiger partial charge in [0.05, 0.1) is 0 Å². The molecule has 36 heavy (non-hydrogen) atoms. The van der Waals surface area contributed by atoms with E-state index in [4.69, 9.17) is 4.74 Å². The molecule has 0 bridgehead atoms. The van der Waals surface area contributed by atoms with Crippen molar-refractivity contribution in [3.63, 3.8) is 0 Å². The van der Waals surface area contributed by atoms with Gasteiger partial charge in [0.1, 0.15) is 11.9 Å². The minimum absolute atomic E-state index is 0.00630. The van der Waals surface area contributed by atoms with Crippen LogP contribution in [0, 0.1) is 62.6 Å². The Labute approximate surface area is 219 Å².